The maximum atomic E-state index is 11.8. The summed E-state index contributed by atoms with van der Waals surface area (Å²) in [4.78, 5) is 15.8. The van der Waals surface area contributed by atoms with Crippen LogP contribution < -0.4 is 11.1 Å². The first-order chi connectivity index (χ1) is 8.49. The molecule has 0 aromatic carbocycles. The molecule has 1 rings (SSSR count). The molecule has 5 heteroatoms. The van der Waals surface area contributed by atoms with E-state index in [9.17, 15) is 4.79 Å². The van der Waals surface area contributed by atoms with Crippen molar-refractivity contribution in [3.05, 3.63) is 17.8 Å². The quantitative estimate of drug-likeness (QED) is 0.775. The second-order valence-corrected chi connectivity index (χ2v) is 4.89. The Morgan fingerprint density at radius 3 is 2.78 bits per heavy atom. The highest BCUT2D eigenvalue weighted by Crippen LogP contribution is 2.09. The van der Waals surface area contributed by atoms with Gasteiger partial charge < -0.3 is 15.5 Å². The molecule has 102 valence electrons. The minimum absolute atomic E-state index is 0.000177. The lowest BCUT2D eigenvalue weighted by molar-refractivity contribution is -0.125. The molecule has 1 aromatic rings. The molecular weight excluding hydrogens is 230 g/mol. The highest BCUT2D eigenvalue weighted by molar-refractivity contribution is 5.78. The lowest BCUT2D eigenvalue weighted by Crippen LogP contribution is -2.29. The van der Waals surface area contributed by atoms with E-state index in [2.05, 4.69) is 10.3 Å². The van der Waals surface area contributed by atoms with E-state index >= 15 is 0 Å². The zero-order valence-corrected chi connectivity index (χ0v) is 11.4. The fraction of sp³-hybridized carbons (Fsp3) is 0.692. The molecule has 0 saturated heterocycles. The number of aromatic nitrogens is 1. The fourth-order valence-electron chi connectivity index (χ4n) is 1.70. The van der Waals surface area contributed by atoms with Crippen LogP contribution in [0.25, 0.3) is 0 Å². The Labute approximate surface area is 108 Å². The molecule has 0 fully saturated rings. The van der Waals surface area contributed by atoms with Gasteiger partial charge in [-0.3, -0.25) is 4.79 Å². The van der Waals surface area contributed by atoms with Gasteiger partial charge in [-0.15, -0.1) is 0 Å². The van der Waals surface area contributed by atoms with E-state index in [0.29, 0.717) is 12.4 Å². The predicted molar refractivity (Wildman–Crippen MR) is 69.8 cm³/mol. The molecule has 0 spiro atoms. The van der Waals surface area contributed by atoms with Crippen LogP contribution in [0.4, 0.5) is 0 Å². The zero-order valence-electron chi connectivity index (χ0n) is 11.4. The van der Waals surface area contributed by atoms with Gasteiger partial charge in [0.1, 0.15) is 5.76 Å². The van der Waals surface area contributed by atoms with Crippen molar-refractivity contribution in [1.82, 2.24) is 10.3 Å². The van der Waals surface area contributed by atoms with Crippen molar-refractivity contribution < 1.29 is 9.21 Å². The number of nitrogens with zero attached hydrogens (tertiary/aromatic N) is 1. The molecule has 0 aliphatic carbocycles. The summed E-state index contributed by atoms with van der Waals surface area (Å²) in [6.07, 6.45) is 4.44. The summed E-state index contributed by atoms with van der Waals surface area (Å²) in [5, 5.41) is 2.82. The van der Waals surface area contributed by atoms with E-state index < -0.39 is 0 Å². The maximum absolute atomic E-state index is 11.8. The van der Waals surface area contributed by atoms with Gasteiger partial charge in [0.05, 0.1) is 12.7 Å². The summed E-state index contributed by atoms with van der Waals surface area (Å²) in [6, 6.07) is 0.204. The van der Waals surface area contributed by atoms with Gasteiger partial charge in [0, 0.05) is 12.0 Å². The second-order valence-electron chi connectivity index (χ2n) is 4.89. The zero-order chi connectivity index (χ0) is 13.5. The first-order valence-electron chi connectivity index (χ1n) is 6.43. The van der Waals surface area contributed by atoms with Gasteiger partial charge >= 0.3 is 0 Å². The van der Waals surface area contributed by atoms with Crippen LogP contribution in [0, 0.1) is 12.8 Å². The van der Waals surface area contributed by atoms with Crippen LogP contribution in [0.2, 0.25) is 0 Å². The van der Waals surface area contributed by atoms with Crippen LogP contribution in [0.5, 0.6) is 0 Å². The lowest BCUT2D eigenvalue weighted by atomic mass is 10.0. The highest BCUT2D eigenvalue weighted by Gasteiger charge is 2.13. The Morgan fingerprint density at radius 2 is 2.22 bits per heavy atom. The van der Waals surface area contributed by atoms with Gasteiger partial charge in [-0.2, -0.15) is 0 Å². The lowest BCUT2D eigenvalue weighted by Gasteiger charge is -2.11. The van der Waals surface area contributed by atoms with Gasteiger partial charge in [0.2, 0.25) is 11.8 Å². The summed E-state index contributed by atoms with van der Waals surface area (Å²) in [5.41, 5.74) is 5.67. The number of rotatable bonds is 7. The van der Waals surface area contributed by atoms with Gasteiger partial charge in [-0.25, -0.2) is 4.98 Å². The molecule has 1 heterocycles. The van der Waals surface area contributed by atoms with Crippen LogP contribution in [0.1, 0.15) is 44.8 Å². The third-order valence-electron chi connectivity index (χ3n) is 2.83. The Bertz CT molecular complexity index is 374. The van der Waals surface area contributed by atoms with Crippen LogP contribution in [-0.2, 0) is 11.3 Å². The third-order valence-corrected chi connectivity index (χ3v) is 2.83. The fourth-order valence-corrected chi connectivity index (χ4v) is 1.70. The number of hydrogen-bond donors (Lipinski definition) is 2. The SMILES string of the molecule is Cc1cnc(CNC(=O)C(C)CCCC(C)N)o1. The molecule has 0 aliphatic heterocycles. The van der Waals surface area contributed by atoms with Crippen LogP contribution in [-0.4, -0.2) is 16.9 Å². The molecule has 0 bridgehead atoms. The van der Waals surface area contributed by atoms with Crippen molar-refractivity contribution in [1.29, 1.82) is 0 Å². The molecule has 18 heavy (non-hydrogen) atoms. The molecule has 5 nitrogen and oxygen atoms in total. The number of hydrogen-bond acceptors (Lipinski definition) is 4. The Balaban J connectivity index is 2.23. The Hall–Kier alpha value is -1.36. The van der Waals surface area contributed by atoms with Crippen LogP contribution >= 0.6 is 0 Å². The summed E-state index contributed by atoms with van der Waals surface area (Å²) >= 11 is 0. The van der Waals surface area contributed by atoms with Gasteiger partial charge in [-0.05, 0) is 26.7 Å². The monoisotopic (exact) mass is 253 g/mol. The third kappa shape index (κ3) is 5.31. The van der Waals surface area contributed by atoms with Crippen LogP contribution in [0.15, 0.2) is 10.6 Å². The average Bonchev–Trinajstić information content (AvgIpc) is 2.71. The van der Waals surface area contributed by atoms with Crippen LogP contribution in [0.3, 0.4) is 0 Å². The van der Waals surface area contributed by atoms with Gasteiger partial charge in [0.25, 0.3) is 0 Å². The molecular formula is C13H23N3O2. The number of nitrogens with two attached hydrogens (primary N) is 1. The number of amides is 1. The minimum atomic E-state index is -0.000177. The first-order valence-corrected chi connectivity index (χ1v) is 6.43. The number of carbonyl (C=O) groups is 1. The van der Waals surface area contributed by atoms with E-state index in [1.165, 1.54) is 0 Å². The number of carbonyl (C=O) groups excluding carboxylic acids is 1. The standard InChI is InChI=1S/C13H23N3O2/c1-9(5-4-6-10(2)14)13(17)16-8-12-15-7-11(3)18-12/h7,9-10H,4-6,8,14H2,1-3H3,(H,16,17). The molecule has 0 aliphatic rings. The number of oxazole rings is 1. The molecule has 2 atom stereocenters. The molecule has 1 aromatic heterocycles. The minimum Gasteiger partial charge on any atom is -0.444 e. The van der Waals surface area contributed by atoms with Crippen molar-refractivity contribution in [3.8, 4) is 0 Å². The molecule has 2 unspecified atom stereocenters. The molecule has 1 amide bonds. The summed E-state index contributed by atoms with van der Waals surface area (Å²) < 4.78 is 5.28. The van der Waals surface area contributed by atoms with Gasteiger partial charge in [0.15, 0.2) is 0 Å². The van der Waals surface area contributed by atoms with Crippen molar-refractivity contribution in [2.45, 2.75) is 52.6 Å². The highest BCUT2D eigenvalue weighted by atomic mass is 16.4. The van der Waals surface area contributed by atoms with Crippen molar-refractivity contribution >= 4 is 5.91 Å². The number of aryl methyl sites for hydroxylation is 1. The molecule has 0 radical (unpaired) electrons. The van der Waals surface area contributed by atoms with Gasteiger partial charge in [-0.1, -0.05) is 13.3 Å². The Kier molecular flexibility index (Phi) is 5.85. The summed E-state index contributed by atoms with van der Waals surface area (Å²) in [5.74, 6) is 1.34. The summed E-state index contributed by atoms with van der Waals surface area (Å²) in [6.45, 7) is 6.09. The largest absolute Gasteiger partial charge is 0.444 e. The van der Waals surface area contributed by atoms with Crippen molar-refractivity contribution in [2.24, 2.45) is 11.7 Å². The molecule has 0 saturated carbocycles. The first kappa shape index (κ1) is 14.7. The molecule has 3 N–H and O–H groups in total. The number of nitrogens with one attached hydrogen (secondary N) is 1. The summed E-state index contributed by atoms with van der Waals surface area (Å²) in [7, 11) is 0. The maximum Gasteiger partial charge on any atom is 0.223 e. The predicted octanol–water partition coefficient (Wildman–Crippen LogP) is 1.75. The average molecular weight is 253 g/mol. The van der Waals surface area contributed by atoms with Crippen molar-refractivity contribution in [2.75, 3.05) is 0 Å². The van der Waals surface area contributed by atoms with E-state index in [-0.39, 0.29) is 17.9 Å². The van der Waals surface area contributed by atoms with E-state index in [1.807, 2.05) is 20.8 Å². The Morgan fingerprint density at radius 1 is 1.50 bits per heavy atom. The second kappa shape index (κ2) is 7.16. The van der Waals surface area contributed by atoms with E-state index in [1.54, 1.807) is 6.20 Å². The van der Waals surface area contributed by atoms with Crippen molar-refractivity contribution in [3.63, 3.8) is 0 Å². The normalized spacial score (nSPS) is 14.2. The van der Waals surface area contributed by atoms with E-state index in [0.717, 1.165) is 25.0 Å². The van der Waals surface area contributed by atoms with E-state index in [4.69, 9.17) is 10.2 Å². The topological polar surface area (TPSA) is 81.2 Å². The smallest absolute Gasteiger partial charge is 0.223 e.